The number of nitrogens with zero attached hydrogens (tertiary/aromatic N) is 1. The fourth-order valence-electron chi connectivity index (χ4n) is 5.69. The van der Waals surface area contributed by atoms with Gasteiger partial charge in [-0.05, 0) is 65.2 Å². The maximum atomic E-state index is 13.0. The molecular formula is C37H37NO9. The average molecular weight is 640 g/mol. The van der Waals surface area contributed by atoms with Gasteiger partial charge in [0.2, 0.25) is 0 Å². The van der Waals surface area contributed by atoms with Crippen LogP contribution in [0.3, 0.4) is 0 Å². The van der Waals surface area contributed by atoms with Crippen LogP contribution >= 0.6 is 0 Å². The third-order valence-electron chi connectivity index (χ3n) is 8.13. The minimum atomic E-state index is -1.12. The molecule has 0 radical (unpaired) electrons. The van der Waals surface area contributed by atoms with Gasteiger partial charge >= 0.3 is 5.97 Å². The number of benzene rings is 4. The topological polar surface area (TPSA) is 110 Å². The largest absolute Gasteiger partial charge is 0.497 e. The van der Waals surface area contributed by atoms with Crippen molar-refractivity contribution in [3.05, 3.63) is 125 Å². The molecule has 5 rings (SSSR count). The molecule has 47 heavy (non-hydrogen) atoms. The molecule has 0 spiro atoms. The van der Waals surface area contributed by atoms with Crippen LogP contribution in [0.1, 0.15) is 43.8 Å². The predicted molar refractivity (Wildman–Crippen MR) is 173 cm³/mol. The van der Waals surface area contributed by atoms with Crippen LogP contribution in [0.4, 0.5) is 0 Å². The predicted octanol–water partition coefficient (Wildman–Crippen LogP) is 5.27. The normalized spacial score (nSPS) is 13.2. The molecule has 0 aromatic heterocycles. The molecule has 1 unspecified atom stereocenters. The van der Waals surface area contributed by atoms with E-state index in [0.29, 0.717) is 28.4 Å². The number of esters is 1. The highest BCUT2D eigenvalue weighted by Gasteiger charge is 2.39. The van der Waals surface area contributed by atoms with Crippen molar-refractivity contribution in [2.75, 3.05) is 48.2 Å². The van der Waals surface area contributed by atoms with Crippen molar-refractivity contribution in [2.24, 2.45) is 0 Å². The summed E-state index contributed by atoms with van der Waals surface area (Å²) in [4.78, 5) is 39.5. The summed E-state index contributed by atoms with van der Waals surface area (Å²) < 4.78 is 34.2. The number of imide groups is 1. The van der Waals surface area contributed by atoms with Gasteiger partial charge in [0.15, 0.2) is 0 Å². The first-order valence-electron chi connectivity index (χ1n) is 15.1. The maximum Gasteiger partial charge on any atom is 0.308 e. The summed E-state index contributed by atoms with van der Waals surface area (Å²) in [6, 6.07) is 29.5. The Kier molecular flexibility index (Phi) is 10.5. The van der Waals surface area contributed by atoms with E-state index < -0.39 is 29.5 Å². The summed E-state index contributed by atoms with van der Waals surface area (Å²) in [5, 5.41) is 0. The molecule has 0 fully saturated rings. The number of carbonyl (C=O) groups excluding carboxylic acids is 3. The summed E-state index contributed by atoms with van der Waals surface area (Å²) in [7, 11) is 6.10. The van der Waals surface area contributed by atoms with E-state index in [1.54, 1.807) is 45.6 Å². The summed E-state index contributed by atoms with van der Waals surface area (Å²) in [5.74, 6) is 0.671. The average Bonchev–Trinajstić information content (AvgIpc) is 3.36. The second-order valence-corrected chi connectivity index (χ2v) is 10.8. The van der Waals surface area contributed by atoms with Crippen molar-refractivity contribution < 1.29 is 42.8 Å². The lowest BCUT2D eigenvalue weighted by Gasteiger charge is -2.36. The van der Waals surface area contributed by atoms with Crippen LogP contribution in [0.15, 0.2) is 97.1 Å². The summed E-state index contributed by atoms with van der Waals surface area (Å²) >= 11 is 0. The Hall–Kier alpha value is -5.19. The zero-order valence-corrected chi connectivity index (χ0v) is 26.8. The maximum absolute atomic E-state index is 13.0. The smallest absolute Gasteiger partial charge is 0.308 e. The monoisotopic (exact) mass is 639 g/mol. The third-order valence-corrected chi connectivity index (χ3v) is 8.13. The summed E-state index contributed by atoms with van der Waals surface area (Å²) in [6.45, 7) is -0.0129. The quantitative estimate of drug-likeness (QED) is 0.0744. The highest BCUT2D eigenvalue weighted by molar-refractivity contribution is 6.21. The van der Waals surface area contributed by atoms with E-state index in [4.69, 9.17) is 28.4 Å². The third kappa shape index (κ3) is 6.98. The molecule has 1 aliphatic rings. The molecule has 0 saturated heterocycles. The van der Waals surface area contributed by atoms with Crippen molar-refractivity contribution in [1.29, 1.82) is 0 Å². The first-order valence-corrected chi connectivity index (χ1v) is 15.1. The Morgan fingerprint density at radius 2 is 1.06 bits per heavy atom. The minimum absolute atomic E-state index is 0.0368. The van der Waals surface area contributed by atoms with Crippen LogP contribution in [0.25, 0.3) is 0 Å². The van der Waals surface area contributed by atoms with Crippen molar-refractivity contribution in [3.8, 4) is 17.2 Å². The molecule has 1 atom stereocenters. The van der Waals surface area contributed by atoms with Crippen LogP contribution in [0.2, 0.25) is 0 Å². The van der Waals surface area contributed by atoms with Crippen molar-refractivity contribution >= 4 is 17.8 Å². The number of methoxy groups -OCH3 is 4. The van der Waals surface area contributed by atoms with E-state index in [1.165, 1.54) is 7.11 Å². The Balaban J connectivity index is 1.44. The molecule has 1 heterocycles. The zero-order valence-electron chi connectivity index (χ0n) is 26.8. The number of ether oxygens (including phenoxy) is 6. The van der Waals surface area contributed by atoms with Gasteiger partial charge in [0.05, 0.1) is 71.8 Å². The molecule has 10 nitrogen and oxygen atoms in total. The first-order chi connectivity index (χ1) is 22.8. The van der Waals surface area contributed by atoms with E-state index in [1.807, 2.05) is 72.8 Å². The summed E-state index contributed by atoms with van der Waals surface area (Å²) in [5.41, 5.74) is 2.00. The van der Waals surface area contributed by atoms with Crippen molar-refractivity contribution in [3.63, 3.8) is 0 Å². The second-order valence-electron chi connectivity index (χ2n) is 10.8. The van der Waals surface area contributed by atoms with E-state index in [-0.39, 0.29) is 26.2 Å². The van der Waals surface area contributed by atoms with Gasteiger partial charge in [-0.1, -0.05) is 48.5 Å². The van der Waals surface area contributed by atoms with Crippen LogP contribution in [-0.4, -0.2) is 77.0 Å². The van der Waals surface area contributed by atoms with Gasteiger partial charge in [-0.25, -0.2) is 0 Å². The van der Waals surface area contributed by atoms with Gasteiger partial charge < -0.3 is 28.4 Å². The number of hydrogen-bond donors (Lipinski definition) is 0. The molecule has 0 bridgehead atoms. The highest BCUT2D eigenvalue weighted by Crippen LogP contribution is 2.42. The van der Waals surface area contributed by atoms with E-state index in [0.717, 1.165) is 21.6 Å². The zero-order chi connectivity index (χ0) is 33.4. The van der Waals surface area contributed by atoms with Gasteiger partial charge in [-0.2, -0.15) is 0 Å². The Morgan fingerprint density at radius 1 is 0.638 bits per heavy atom. The van der Waals surface area contributed by atoms with Crippen molar-refractivity contribution in [1.82, 2.24) is 4.90 Å². The molecule has 2 amide bonds. The lowest BCUT2D eigenvalue weighted by atomic mass is 9.80. The molecule has 244 valence electrons. The first kappa shape index (κ1) is 33.2. The molecule has 4 aromatic carbocycles. The lowest BCUT2D eigenvalue weighted by molar-refractivity contribution is -0.144. The van der Waals surface area contributed by atoms with E-state index >= 15 is 0 Å². The number of rotatable bonds is 15. The van der Waals surface area contributed by atoms with Gasteiger partial charge in [0.1, 0.15) is 22.8 Å². The lowest BCUT2D eigenvalue weighted by Crippen LogP contribution is -2.40. The molecule has 0 N–H and O–H groups in total. The molecule has 0 saturated carbocycles. The van der Waals surface area contributed by atoms with Gasteiger partial charge in [-0.15, -0.1) is 0 Å². The molecule has 10 heteroatoms. The Bertz CT molecular complexity index is 1530. The SMILES string of the molecule is COC(=O)CC(CN1C(=O)c2ccccc2C1=O)OCCOC(c1ccc(OC)cc1)(c1ccc(OC)cc1)c1ccc(OC)cc1. The Morgan fingerprint density at radius 3 is 1.45 bits per heavy atom. The Labute approximate surface area is 273 Å². The van der Waals surface area contributed by atoms with Crippen LogP contribution in [0, 0.1) is 0 Å². The molecule has 0 aliphatic carbocycles. The van der Waals surface area contributed by atoms with Crippen LogP contribution in [0.5, 0.6) is 17.2 Å². The molecule has 1 aliphatic heterocycles. The highest BCUT2D eigenvalue weighted by atomic mass is 16.5. The second kappa shape index (κ2) is 14.9. The summed E-state index contributed by atoms with van der Waals surface area (Å²) in [6.07, 6.45) is -0.990. The van der Waals surface area contributed by atoms with Gasteiger partial charge in [0.25, 0.3) is 11.8 Å². The number of amides is 2. The van der Waals surface area contributed by atoms with Gasteiger partial charge in [0, 0.05) is 0 Å². The van der Waals surface area contributed by atoms with Crippen LogP contribution in [-0.2, 0) is 24.6 Å². The number of hydrogen-bond acceptors (Lipinski definition) is 9. The van der Waals surface area contributed by atoms with Crippen molar-refractivity contribution in [2.45, 2.75) is 18.1 Å². The van der Waals surface area contributed by atoms with E-state index in [9.17, 15) is 14.4 Å². The minimum Gasteiger partial charge on any atom is -0.497 e. The number of fused-ring (bicyclic) bond motifs is 1. The van der Waals surface area contributed by atoms with E-state index in [2.05, 4.69) is 0 Å². The standard InChI is InChI=1S/C37H37NO9/c1-42-28-15-9-25(10-16-28)37(26-11-17-29(43-2)18-12-26,27-13-19-30(44-3)20-14-27)47-22-21-46-31(23-34(39)45-4)24-38-35(40)32-7-5-6-8-33(32)36(38)41/h5-20,31H,21-24H2,1-4H3. The van der Waals surface area contributed by atoms with Crippen LogP contribution < -0.4 is 14.2 Å². The molecular weight excluding hydrogens is 602 g/mol. The fraction of sp³-hybridized carbons (Fsp3) is 0.270. The number of carbonyl (C=O) groups is 3. The molecule has 4 aromatic rings. The fourth-order valence-corrected chi connectivity index (χ4v) is 5.69. The van der Waals surface area contributed by atoms with Gasteiger partial charge in [-0.3, -0.25) is 19.3 Å².